The van der Waals surface area contributed by atoms with E-state index in [9.17, 15) is 0 Å². The zero-order valence-electron chi connectivity index (χ0n) is 11.6. The molecule has 3 heteroatoms. The molecular weight excluding hydrogens is 224 g/mol. The van der Waals surface area contributed by atoms with Crippen LogP contribution in [0.5, 0.6) is 0 Å². The first-order valence-electron chi connectivity index (χ1n) is 7.87. The van der Waals surface area contributed by atoms with E-state index in [2.05, 4.69) is 12.2 Å². The van der Waals surface area contributed by atoms with E-state index in [0.29, 0.717) is 12.1 Å². The summed E-state index contributed by atoms with van der Waals surface area (Å²) in [5.74, 6) is 3.22. The first-order chi connectivity index (χ1) is 8.79. The van der Waals surface area contributed by atoms with Crippen LogP contribution in [-0.4, -0.2) is 31.8 Å². The van der Waals surface area contributed by atoms with Crippen LogP contribution in [0.15, 0.2) is 0 Å². The van der Waals surface area contributed by atoms with Crippen LogP contribution in [0.1, 0.15) is 39.0 Å². The van der Waals surface area contributed by atoms with Gasteiger partial charge in [-0.2, -0.15) is 0 Å². The molecule has 3 N–H and O–H groups in total. The van der Waals surface area contributed by atoms with Crippen molar-refractivity contribution in [2.24, 2.45) is 29.4 Å². The molecule has 0 amide bonds. The van der Waals surface area contributed by atoms with E-state index >= 15 is 0 Å². The Hall–Kier alpha value is -0.120. The van der Waals surface area contributed by atoms with Gasteiger partial charge in [-0.15, -0.1) is 0 Å². The van der Waals surface area contributed by atoms with Crippen molar-refractivity contribution >= 4 is 0 Å². The molecule has 0 aromatic carbocycles. The summed E-state index contributed by atoms with van der Waals surface area (Å²) in [6.07, 6.45) is 7.09. The van der Waals surface area contributed by atoms with E-state index in [-0.39, 0.29) is 0 Å². The van der Waals surface area contributed by atoms with E-state index in [1.165, 1.54) is 25.7 Å². The second-order valence-corrected chi connectivity index (χ2v) is 6.60. The summed E-state index contributed by atoms with van der Waals surface area (Å²) in [6.45, 7) is 5.45. The number of hydrogen-bond donors (Lipinski definition) is 2. The van der Waals surface area contributed by atoms with Gasteiger partial charge in [-0.05, 0) is 62.3 Å². The summed E-state index contributed by atoms with van der Waals surface area (Å²) < 4.78 is 5.74. The molecule has 2 saturated carbocycles. The third kappa shape index (κ3) is 2.33. The molecule has 6 unspecified atom stereocenters. The lowest BCUT2D eigenvalue weighted by atomic mass is 9.85. The van der Waals surface area contributed by atoms with Crippen molar-refractivity contribution in [1.82, 2.24) is 5.32 Å². The number of nitrogens with one attached hydrogen (secondary N) is 1. The normalized spacial score (nSPS) is 47.0. The van der Waals surface area contributed by atoms with Gasteiger partial charge < -0.3 is 15.8 Å². The summed E-state index contributed by atoms with van der Waals surface area (Å²) in [5.41, 5.74) is 6.35. The van der Waals surface area contributed by atoms with Crippen LogP contribution in [0, 0.1) is 23.7 Å². The molecule has 104 valence electrons. The first-order valence-corrected chi connectivity index (χ1v) is 7.87. The maximum atomic E-state index is 6.35. The number of nitrogens with two attached hydrogens (primary N) is 1. The van der Waals surface area contributed by atoms with Crippen molar-refractivity contribution in [1.29, 1.82) is 0 Å². The van der Waals surface area contributed by atoms with Gasteiger partial charge in [0.1, 0.15) is 0 Å². The minimum absolute atomic E-state index is 0.470. The van der Waals surface area contributed by atoms with Crippen LogP contribution >= 0.6 is 0 Å². The highest BCUT2D eigenvalue weighted by molar-refractivity contribution is 4.99. The molecule has 3 nitrogen and oxygen atoms in total. The quantitative estimate of drug-likeness (QED) is 0.784. The molecule has 1 aliphatic heterocycles. The molecule has 0 spiro atoms. The zero-order chi connectivity index (χ0) is 12.5. The molecule has 3 fully saturated rings. The summed E-state index contributed by atoms with van der Waals surface area (Å²) in [5, 5.41) is 3.69. The molecule has 3 rings (SSSR count). The lowest BCUT2D eigenvalue weighted by Crippen LogP contribution is -2.42. The molecule has 0 aromatic heterocycles. The number of hydrogen-bond acceptors (Lipinski definition) is 3. The Morgan fingerprint density at radius 3 is 2.72 bits per heavy atom. The minimum Gasteiger partial charge on any atom is -0.378 e. The predicted molar refractivity (Wildman–Crippen MR) is 73.3 cm³/mol. The van der Waals surface area contributed by atoms with Crippen molar-refractivity contribution in [3.63, 3.8) is 0 Å². The monoisotopic (exact) mass is 252 g/mol. The highest BCUT2D eigenvalue weighted by Gasteiger charge is 2.45. The largest absolute Gasteiger partial charge is 0.378 e. The molecule has 3 aliphatic rings. The van der Waals surface area contributed by atoms with Crippen molar-refractivity contribution < 1.29 is 4.74 Å². The Labute approximate surface area is 111 Å². The Morgan fingerprint density at radius 1 is 1.17 bits per heavy atom. The van der Waals surface area contributed by atoms with Gasteiger partial charge in [-0.1, -0.05) is 6.92 Å². The molecule has 1 saturated heterocycles. The van der Waals surface area contributed by atoms with Gasteiger partial charge in [0.25, 0.3) is 0 Å². The summed E-state index contributed by atoms with van der Waals surface area (Å²) >= 11 is 0. The van der Waals surface area contributed by atoms with Crippen LogP contribution in [0.3, 0.4) is 0 Å². The highest BCUT2D eigenvalue weighted by atomic mass is 16.5. The average Bonchev–Trinajstić information content (AvgIpc) is 3.06. The van der Waals surface area contributed by atoms with Crippen LogP contribution < -0.4 is 11.1 Å². The van der Waals surface area contributed by atoms with Gasteiger partial charge >= 0.3 is 0 Å². The van der Waals surface area contributed by atoms with Crippen LogP contribution in [0.4, 0.5) is 0 Å². The second kappa shape index (κ2) is 5.48. The second-order valence-electron chi connectivity index (χ2n) is 6.60. The molecule has 2 aliphatic carbocycles. The van der Waals surface area contributed by atoms with E-state index in [0.717, 1.165) is 49.8 Å². The van der Waals surface area contributed by atoms with Gasteiger partial charge in [0.15, 0.2) is 0 Å². The van der Waals surface area contributed by atoms with Gasteiger partial charge in [0.05, 0.1) is 6.10 Å². The predicted octanol–water partition coefficient (Wildman–Crippen LogP) is 1.76. The first kappa shape index (κ1) is 12.9. The molecule has 1 heterocycles. The van der Waals surface area contributed by atoms with Gasteiger partial charge in [0, 0.05) is 19.2 Å². The topological polar surface area (TPSA) is 47.3 Å². The van der Waals surface area contributed by atoms with Crippen LogP contribution in [-0.2, 0) is 4.74 Å². The zero-order valence-corrected chi connectivity index (χ0v) is 11.6. The number of ether oxygens (including phenoxy) is 1. The minimum atomic E-state index is 0.470. The molecule has 0 radical (unpaired) electrons. The Bertz CT molecular complexity index is 282. The molecule has 2 bridgehead atoms. The number of rotatable bonds is 5. The molecule has 6 atom stereocenters. The Morgan fingerprint density at radius 2 is 2.00 bits per heavy atom. The standard InChI is InChI=1S/C15H28N2O/c1-2-14-12(5-6-18-14)8-17-9-13-10-3-4-11(7-10)15(13)16/h10-15,17H,2-9,16H2,1H3. The summed E-state index contributed by atoms with van der Waals surface area (Å²) in [6, 6.07) is 0.470. The fourth-order valence-electron chi connectivity index (χ4n) is 4.57. The third-order valence-electron chi connectivity index (χ3n) is 5.69. The van der Waals surface area contributed by atoms with Crippen molar-refractivity contribution in [2.75, 3.05) is 19.7 Å². The lowest BCUT2D eigenvalue weighted by molar-refractivity contribution is 0.0867. The third-order valence-corrected chi connectivity index (χ3v) is 5.69. The fraction of sp³-hybridized carbons (Fsp3) is 1.00. The lowest BCUT2D eigenvalue weighted by Gasteiger charge is -2.29. The van der Waals surface area contributed by atoms with E-state index in [1.807, 2.05) is 0 Å². The van der Waals surface area contributed by atoms with Crippen molar-refractivity contribution in [2.45, 2.75) is 51.2 Å². The maximum absolute atomic E-state index is 6.35. The van der Waals surface area contributed by atoms with Crippen molar-refractivity contribution in [3.05, 3.63) is 0 Å². The van der Waals surface area contributed by atoms with Gasteiger partial charge in [0.2, 0.25) is 0 Å². The molecule has 0 aromatic rings. The summed E-state index contributed by atoms with van der Waals surface area (Å²) in [7, 11) is 0. The Balaban J connectivity index is 1.42. The van der Waals surface area contributed by atoms with Gasteiger partial charge in [-0.3, -0.25) is 0 Å². The average molecular weight is 252 g/mol. The highest BCUT2D eigenvalue weighted by Crippen LogP contribution is 2.47. The van der Waals surface area contributed by atoms with Crippen molar-refractivity contribution in [3.8, 4) is 0 Å². The SMILES string of the molecule is CCC1OCCC1CNCC1C2CCC(C2)C1N. The molecular formula is C15H28N2O. The van der Waals surface area contributed by atoms with Crippen LogP contribution in [0.25, 0.3) is 0 Å². The van der Waals surface area contributed by atoms with Gasteiger partial charge in [-0.25, -0.2) is 0 Å². The van der Waals surface area contributed by atoms with Crippen LogP contribution in [0.2, 0.25) is 0 Å². The van der Waals surface area contributed by atoms with E-state index in [4.69, 9.17) is 10.5 Å². The van der Waals surface area contributed by atoms with E-state index in [1.54, 1.807) is 0 Å². The Kier molecular flexibility index (Phi) is 3.92. The summed E-state index contributed by atoms with van der Waals surface area (Å²) in [4.78, 5) is 0. The maximum Gasteiger partial charge on any atom is 0.0613 e. The van der Waals surface area contributed by atoms with E-state index < -0.39 is 0 Å². The molecule has 18 heavy (non-hydrogen) atoms. The number of fused-ring (bicyclic) bond motifs is 2. The smallest absolute Gasteiger partial charge is 0.0613 e. The fourth-order valence-corrected chi connectivity index (χ4v) is 4.57.